The molecule has 0 fully saturated rings. The van der Waals surface area contributed by atoms with E-state index < -0.39 is 23.5 Å². The SMILES string of the molecule is CC[C@H](C)[C@@](OC)(C(=O)O)N(OC)C(=O)C=Cc1ccccc1. The topological polar surface area (TPSA) is 76.1 Å². The van der Waals surface area contributed by atoms with Crippen LogP contribution in [0, 0.1) is 5.92 Å². The van der Waals surface area contributed by atoms with Gasteiger partial charge in [-0.15, -0.1) is 0 Å². The average Bonchev–Trinajstić information content (AvgIpc) is 2.57. The summed E-state index contributed by atoms with van der Waals surface area (Å²) in [6.45, 7) is 3.51. The molecular formula is C17H23NO5. The van der Waals surface area contributed by atoms with E-state index in [-0.39, 0.29) is 0 Å². The minimum atomic E-state index is -1.89. The van der Waals surface area contributed by atoms with Crippen molar-refractivity contribution in [2.45, 2.75) is 26.0 Å². The highest BCUT2D eigenvalue weighted by Gasteiger charge is 2.52. The Bertz CT molecular complexity index is 557. The number of methoxy groups -OCH3 is 1. The lowest BCUT2D eigenvalue weighted by Gasteiger charge is -2.40. The minimum absolute atomic E-state index is 0.473. The summed E-state index contributed by atoms with van der Waals surface area (Å²) < 4.78 is 5.22. The monoisotopic (exact) mass is 321 g/mol. The lowest BCUT2D eigenvalue weighted by atomic mass is 9.94. The Morgan fingerprint density at radius 1 is 1.30 bits per heavy atom. The number of ether oxygens (including phenoxy) is 1. The number of rotatable bonds is 8. The molecule has 0 aliphatic rings. The summed E-state index contributed by atoms with van der Waals surface area (Å²) in [5.74, 6) is -2.36. The van der Waals surface area contributed by atoms with E-state index in [0.717, 1.165) is 10.6 Å². The van der Waals surface area contributed by atoms with Crippen molar-refractivity contribution in [2.75, 3.05) is 14.2 Å². The summed E-state index contributed by atoms with van der Waals surface area (Å²) >= 11 is 0. The van der Waals surface area contributed by atoms with Crippen LogP contribution in [0.25, 0.3) is 6.08 Å². The van der Waals surface area contributed by atoms with Crippen molar-refractivity contribution in [3.05, 3.63) is 42.0 Å². The van der Waals surface area contributed by atoms with Crippen LogP contribution in [0.5, 0.6) is 0 Å². The van der Waals surface area contributed by atoms with Gasteiger partial charge in [0.05, 0.1) is 7.11 Å². The molecule has 0 saturated heterocycles. The zero-order valence-electron chi connectivity index (χ0n) is 13.9. The Morgan fingerprint density at radius 2 is 1.91 bits per heavy atom. The summed E-state index contributed by atoms with van der Waals surface area (Å²) in [5.41, 5.74) is -1.07. The third kappa shape index (κ3) is 3.97. The first-order chi connectivity index (χ1) is 10.9. The number of carboxylic acids is 1. The Kier molecular flexibility index (Phi) is 6.93. The van der Waals surface area contributed by atoms with Crippen LogP contribution in [-0.2, 0) is 19.2 Å². The fourth-order valence-electron chi connectivity index (χ4n) is 2.33. The highest BCUT2D eigenvalue weighted by molar-refractivity contribution is 5.94. The molecular weight excluding hydrogens is 298 g/mol. The van der Waals surface area contributed by atoms with Gasteiger partial charge >= 0.3 is 5.97 Å². The van der Waals surface area contributed by atoms with Crippen LogP contribution < -0.4 is 0 Å². The largest absolute Gasteiger partial charge is 0.478 e. The lowest BCUT2D eigenvalue weighted by molar-refractivity contribution is -0.285. The number of hydrogen-bond acceptors (Lipinski definition) is 4. The number of benzene rings is 1. The molecule has 0 bridgehead atoms. The predicted octanol–water partition coefficient (Wildman–Crippen LogP) is 2.56. The molecule has 23 heavy (non-hydrogen) atoms. The van der Waals surface area contributed by atoms with Gasteiger partial charge < -0.3 is 9.84 Å². The quantitative estimate of drug-likeness (QED) is 0.452. The van der Waals surface area contributed by atoms with Crippen molar-refractivity contribution in [2.24, 2.45) is 5.92 Å². The van der Waals surface area contributed by atoms with E-state index in [0.29, 0.717) is 6.42 Å². The van der Waals surface area contributed by atoms with Crippen LogP contribution in [0.3, 0.4) is 0 Å². The highest BCUT2D eigenvalue weighted by atomic mass is 16.7. The number of hydrogen-bond donors (Lipinski definition) is 1. The van der Waals surface area contributed by atoms with E-state index in [9.17, 15) is 14.7 Å². The molecule has 0 spiro atoms. The molecule has 126 valence electrons. The molecule has 0 heterocycles. The molecule has 0 radical (unpaired) electrons. The van der Waals surface area contributed by atoms with Crippen LogP contribution in [0.15, 0.2) is 36.4 Å². The van der Waals surface area contributed by atoms with Crippen LogP contribution >= 0.6 is 0 Å². The number of carbonyl (C=O) groups is 2. The summed E-state index contributed by atoms with van der Waals surface area (Å²) in [4.78, 5) is 29.3. The van der Waals surface area contributed by atoms with Gasteiger partial charge in [-0.05, 0) is 18.1 Å². The molecule has 1 aromatic rings. The van der Waals surface area contributed by atoms with Gasteiger partial charge in [0.1, 0.15) is 0 Å². The van der Waals surface area contributed by atoms with E-state index >= 15 is 0 Å². The maximum absolute atomic E-state index is 12.4. The molecule has 0 unspecified atom stereocenters. The zero-order valence-corrected chi connectivity index (χ0v) is 13.9. The summed E-state index contributed by atoms with van der Waals surface area (Å²) in [6, 6.07) is 9.21. The third-order valence-electron chi connectivity index (χ3n) is 3.80. The summed E-state index contributed by atoms with van der Waals surface area (Å²) in [6.07, 6.45) is 3.35. The van der Waals surface area contributed by atoms with Crippen molar-refractivity contribution in [1.29, 1.82) is 0 Å². The van der Waals surface area contributed by atoms with E-state index in [1.807, 2.05) is 37.3 Å². The third-order valence-corrected chi connectivity index (χ3v) is 3.80. The molecule has 0 aliphatic heterocycles. The summed E-state index contributed by atoms with van der Waals surface area (Å²) in [7, 11) is 2.49. The fourth-order valence-corrected chi connectivity index (χ4v) is 2.33. The Balaban J connectivity index is 3.14. The van der Waals surface area contributed by atoms with Gasteiger partial charge in [0.25, 0.3) is 11.6 Å². The van der Waals surface area contributed by atoms with Crippen LogP contribution in [0.2, 0.25) is 0 Å². The second kappa shape index (κ2) is 8.45. The highest BCUT2D eigenvalue weighted by Crippen LogP contribution is 2.30. The van der Waals surface area contributed by atoms with Gasteiger partial charge in [-0.25, -0.2) is 4.79 Å². The smallest absolute Gasteiger partial charge is 0.360 e. The molecule has 2 atom stereocenters. The second-order valence-corrected chi connectivity index (χ2v) is 5.07. The first kappa shape index (κ1) is 18.9. The van der Waals surface area contributed by atoms with Crippen molar-refractivity contribution < 1.29 is 24.3 Å². The number of nitrogens with zero attached hydrogens (tertiary/aromatic N) is 1. The molecule has 0 aliphatic carbocycles. The van der Waals surface area contributed by atoms with E-state index in [4.69, 9.17) is 9.57 Å². The lowest BCUT2D eigenvalue weighted by Crippen LogP contribution is -2.61. The van der Waals surface area contributed by atoms with Gasteiger partial charge in [0.2, 0.25) is 0 Å². The number of carboxylic acid groups (broad SMARTS) is 1. The minimum Gasteiger partial charge on any atom is -0.478 e. The fraction of sp³-hybridized carbons (Fsp3) is 0.412. The number of carbonyl (C=O) groups excluding carboxylic acids is 1. The van der Waals surface area contributed by atoms with Gasteiger partial charge in [-0.3, -0.25) is 9.63 Å². The Hall–Kier alpha value is -2.18. The molecule has 0 saturated carbocycles. The molecule has 1 amide bonds. The van der Waals surface area contributed by atoms with Crippen molar-refractivity contribution in [1.82, 2.24) is 5.06 Å². The normalized spacial score (nSPS) is 15.1. The van der Waals surface area contributed by atoms with Gasteiger partial charge in [0.15, 0.2) is 0 Å². The van der Waals surface area contributed by atoms with Crippen molar-refractivity contribution in [3.63, 3.8) is 0 Å². The predicted molar refractivity (Wildman–Crippen MR) is 86.2 cm³/mol. The van der Waals surface area contributed by atoms with Gasteiger partial charge in [0, 0.05) is 19.1 Å². The van der Waals surface area contributed by atoms with Crippen molar-refractivity contribution in [3.8, 4) is 0 Å². The second-order valence-electron chi connectivity index (χ2n) is 5.07. The first-order valence-electron chi connectivity index (χ1n) is 7.34. The maximum atomic E-state index is 12.4. The van der Waals surface area contributed by atoms with Gasteiger partial charge in [-0.2, -0.15) is 5.06 Å². The Morgan fingerprint density at radius 3 is 2.35 bits per heavy atom. The van der Waals surface area contributed by atoms with Crippen LogP contribution in [0.4, 0.5) is 0 Å². The zero-order chi connectivity index (χ0) is 17.5. The van der Waals surface area contributed by atoms with Crippen molar-refractivity contribution >= 4 is 18.0 Å². The summed E-state index contributed by atoms with van der Waals surface area (Å²) in [5, 5.41) is 10.4. The Labute approximate surface area is 136 Å². The molecule has 1 N–H and O–H groups in total. The van der Waals surface area contributed by atoms with E-state index in [1.165, 1.54) is 20.3 Å². The van der Waals surface area contributed by atoms with Crippen LogP contribution in [0.1, 0.15) is 25.8 Å². The molecule has 1 aromatic carbocycles. The number of aliphatic carboxylic acids is 1. The maximum Gasteiger partial charge on any atom is 0.360 e. The number of amides is 1. The first-order valence-corrected chi connectivity index (χ1v) is 7.34. The number of hydroxylamine groups is 2. The molecule has 0 aromatic heterocycles. The van der Waals surface area contributed by atoms with Gasteiger partial charge in [-0.1, -0.05) is 44.2 Å². The average molecular weight is 321 g/mol. The van der Waals surface area contributed by atoms with Crippen LogP contribution in [-0.4, -0.2) is 42.0 Å². The van der Waals surface area contributed by atoms with E-state index in [1.54, 1.807) is 13.0 Å². The molecule has 6 heteroatoms. The van der Waals surface area contributed by atoms with E-state index in [2.05, 4.69) is 0 Å². The standard InChI is InChI=1S/C17H23NO5/c1-5-13(2)17(22-3,16(20)21)18(23-4)15(19)12-11-14-9-7-6-8-10-14/h6-13H,5H2,1-4H3,(H,20,21)/t13-,17+/m0/s1. The molecule has 6 nitrogen and oxygen atoms in total. The molecule has 1 rings (SSSR count).